The largest absolute Gasteiger partial charge is 0.395 e. The van der Waals surface area contributed by atoms with Crippen molar-refractivity contribution in [2.24, 2.45) is 0 Å². The molecule has 1 N–H and O–H groups in total. The quantitative estimate of drug-likeness (QED) is 0.935. The second-order valence-electron chi connectivity index (χ2n) is 5.43. The van der Waals surface area contributed by atoms with Crippen LogP contribution in [0.3, 0.4) is 0 Å². The van der Waals surface area contributed by atoms with Crippen molar-refractivity contribution in [1.29, 1.82) is 0 Å². The number of fused-ring (bicyclic) bond motifs is 1. The van der Waals surface area contributed by atoms with Crippen LogP contribution in [-0.2, 0) is 0 Å². The zero-order chi connectivity index (χ0) is 14.1. The standard InChI is InChI=1S/C16H19ClN2O/c1-11-5-7-14(17)13-6-8-15(18-16(11)13)19(9-10-20)12-3-2-4-12/h5-8,12,20H,2-4,9-10H2,1H3. The highest BCUT2D eigenvalue weighted by Gasteiger charge is 2.25. The van der Waals surface area contributed by atoms with Gasteiger partial charge in [-0.1, -0.05) is 17.7 Å². The van der Waals surface area contributed by atoms with Crippen molar-refractivity contribution in [1.82, 2.24) is 4.98 Å². The third-order valence-corrected chi connectivity index (χ3v) is 4.47. The first kappa shape index (κ1) is 13.7. The van der Waals surface area contributed by atoms with Crippen LogP contribution in [0.5, 0.6) is 0 Å². The molecule has 0 unspecified atom stereocenters. The summed E-state index contributed by atoms with van der Waals surface area (Å²) in [5.74, 6) is 0.946. The highest BCUT2D eigenvalue weighted by molar-refractivity contribution is 6.35. The number of hydrogen-bond donors (Lipinski definition) is 1. The molecule has 0 spiro atoms. The van der Waals surface area contributed by atoms with E-state index in [0.29, 0.717) is 12.6 Å². The van der Waals surface area contributed by atoms with Crippen molar-refractivity contribution in [3.63, 3.8) is 0 Å². The Balaban J connectivity index is 2.04. The molecule has 0 amide bonds. The Labute approximate surface area is 124 Å². The van der Waals surface area contributed by atoms with Crippen LogP contribution < -0.4 is 4.90 Å². The highest BCUT2D eigenvalue weighted by atomic mass is 35.5. The Morgan fingerprint density at radius 2 is 2.10 bits per heavy atom. The van der Waals surface area contributed by atoms with Crippen LogP contribution in [0.2, 0.25) is 5.02 Å². The zero-order valence-corrected chi connectivity index (χ0v) is 12.4. The third-order valence-electron chi connectivity index (χ3n) is 4.14. The van der Waals surface area contributed by atoms with Gasteiger partial charge in [0.05, 0.1) is 12.1 Å². The Kier molecular flexibility index (Phi) is 3.81. The summed E-state index contributed by atoms with van der Waals surface area (Å²) in [6.07, 6.45) is 3.65. The van der Waals surface area contributed by atoms with Gasteiger partial charge in [-0.25, -0.2) is 4.98 Å². The highest BCUT2D eigenvalue weighted by Crippen LogP contribution is 2.31. The second-order valence-corrected chi connectivity index (χ2v) is 5.84. The summed E-state index contributed by atoms with van der Waals surface area (Å²) in [5.41, 5.74) is 2.08. The number of anilines is 1. The Hall–Kier alpha value is -1.32. The monoisotopic (exact) mass is 290 g/mol. The van der Waals surface area contributed by atoms with E-state index >= 15 is 0 Å². The fourth-order valence-electron chi connectivity index (χ4n) is 2.76. The van der Waals surface area contributed by atoms with E-state index in [-0.39, 0.29) is 6.61 Å². The maximum atomic E-state index is 9.29. The lowest BCUT2D eigenvalue weighted by Crippen LogP contribution is -2.42. The van der Waals surface area contributed by atoms with Crippen molar-refractivity contribution < 1.29 is 5.11 Å². The number of hydrogen-bond acceptors (Lipinski definition) is 3. The van der Waals surface area contributed by atoms with E-state index in [4.69, 9.17) is 16.6 Å². The van der Waals surface area contributed by atoms with Crippen LogP contribution in [0.4, 0.5) is 5.82 Å². The van der Waals surface area contributed by atoms with E-state index in [1.807, 2.05) is 24.3 Å². The van der Waals surface area contributed by atoms with Gasteiger partial charge < -0.3 is 10.0 Å². The molecule has 0 atom stereocenters. The number of aryl methyl sites for hydroxylation is 1. The van der Waals surface area contributed by atoms with Crippen LogP contribution in [-0.4, -0.2) is 29.3 Å². The van der Waals surface area contributed by atoms with Crippen LogP contribution in [0.1, 0.15) is 24.8 Å². The number of aliphatic hydroxyl groups excluding tert-OH is 1. The molecule has 0 saturated heterocycles. The summed E-state index contributed by atoms with van der Waals surface area (Å²) in [5, 5.41) is 11.0. The molecule has 0 bridgehead atoms. The lowest BCUT2D eigenvalue weighted by atomic mass is 9.91. The smallest absolute Gasteiger partial charge is 0.129 e. The van der Waals surface area contributed by atoms with E-state index < -0.39 is 0 Å². The van der Waals surface area contributed by atoms with Gasteiger partial charge in [-0.15, -0.1) is 0 Å². The maximum absolute atomic E-state index is 9.29. The van der Waals surface area contributed by atoms with Crippen LogP contribution in [0.25, 0.3) is 10.9 Å². The third kappa shape index (κ3) is 2.36. The van der Waals surface area contributed by atoms with Gasteiger partial charge in [0.1, 0.15) is 5.82 Å². The second kappa shape index (κ2) is 5.58. The van der Waals surface area contributed by atoms with E-state index in [1.165, 1.54) is 19.3 Å². The fourth-order valence-corrected chi connectivity index (χ4v) is 2.97. The number of aromatic nitrogens is 1. The maximum Gasteiger partial charge on any atom is 0.129 e. The number of halogens is 1. The normalized spacial score (nSPS) is 15.3. The molecule has 2 aromatic rings. The number of rotatable bonds is 4. The minimum absolute atomic E-state index is 0.157. The lowest BCUT2D eigenvalue weighted by molar-refractivity contribution is 0.283. The molecular weight excluding hydrogens is 272 g/mol. The van der Waals surface area contributed by atoms with Crippen molar-refractivity contribution in [2.75, 3.05) is 18.1 Å². The van der Waals surface area contributed by atoms with E-state index in [2.05, 4.69) is 11.8 Å². The van der Waals surface area contributed by atoms with Gasteiger partial charge in [-0.2, -0.15) is 0 Å². The SMILES string of the molecule is Cc1ccc(Cl)c2ccc(N(CCO)C3CCC3)nc12. The Morgan fingerprint density at radius 3 is 2.75 bits per heavy atom. The molecule has 1 aliphatic rings. The van der Waals surface area contributed by atoms with Crippen molar-refractivity contribution in [3.05, 3.63) is 34.9 Å². The molecule has 1 aliphatic carbocycles. The average Bonchev–Trinajstić information content (AvgIpc) is 2.40. The van der Waals surface area contributed by atoms with Crippen LogP contribution >= 0.6 is 11.6 Å². The first-order valence-corrected chi connectivity index (χ1v) is 7.52. The van der Waals surface area contributed by atoms with E-state index in [1.54, 1.807) is 0 Å². The van der Waals surface area contributed by atoms with E-state index in [0.717, 1.165) is 27.3 Å². The summed E-state index contributed by atoms with van der Waals surface area (Å²) in [4.78, 5) is 7.01. The van der Waals surface area contributed by atoms with Crippen molar-refractivity contribution >= 4 is 28.3 Å². The summed E-state index contributed by atoms with van der Waals surface area (Å²) in [6.45, 7) is 2.85. The summed E-state index contributed by atoms with van der Waals surface area (Å²) in [7, 11) is 0. The molecule has 20 heavy (non-hydrogen) atoms. The van der Waals surface area contributed by atoms with Crippen LogP contribution in [0, 0.1) is 6.92 Å². The minimum Gasteiger partial charge on any atom is -0.395 e. The fraction of sp³-hybridized carbons (Fsp3) is 0.438. The van der Waals surface area contributed by atoms with E-state index in [9.17, 15) is 5.11 Å². The predicted octanol–water partition coefficient (Wildman–Crippen LogP) is 3.55. The van der Waals surface area contributed by atoms with Gasteiger partial charge in [-0.3, -0.25) is 0 Å². The molecule has 4 heteroatoms. The lowest BCUT2D eigenvalue weighted by Gasteiger charge is -2.38. The topological polar surface area (TPSA) is 36.4 Å². The Bertz CT molecular complexity index is 625. The first-order chi connectivity index (χ1) is 9.70. The van der Waals surface area contributed by atoms with Gasteiger partial charge in [0.2, 0.25) is 0 Å². The molecular formula is C16H19ClN2O. The molecule has 1 aromatic heterocycles. The molecule has 1 heterocycles. The molecule has 3 rings (SSSR count). The molecule has 1 aromatic carbocycles. The molecule has 0 radical (unpaired) electrons. The van der Waals surface area contributed by atoms with Crippen molar-refractivity contribution in [3.8, 4) is 0 Å². The molecule has 1 saturated carbocycles. The summed E-state index contributed by atoms with van der Waals surface area (Å²) < 4.78 is 0. The average molecular weight is 291 g/mol. The number of nitrogens with zero attached hydrogens (tertiary/aromatic N) is 2. The van der Waals surface area contributed by atoms with Gasteiger partial charge >= 0.3 is 0 Å². The Morgan fingerprint density at radius 1 is 1.30 bits per heavy atom. The predicted molar refractivity (Wildman–Crippen MR) is 83.6 cm³/mol. The van der Waals surface area contributed by atoms with Gasteiger partial charge in [-0.05, 0) is 49.9 Å². The van der Waals surface area contributed by atoms with Gasteiger partial charge in [0.25, 0.3) is 0 Å². The molecule has 3 nitrogen and oxygen atoms in total. The number of pyridine rings is 1. The minimum atomic E-state index is 0.157. The van der Waals surface area contributed by atoms with Crippen molar-refractivity contribution in [2.45, 2.75) is 32.2 Å². The molecule has 1 fully saturated rings. The van der Waals surface area contributed by atoms with Gasteiger partial charge in [0.15, 0.2) is 0 Å². The van der Waals surface area contributed by atoms with Gasteiger partial charge in [0, 0.05) is 23.0 Å². The summed E-state index contributed by atoms with van der Waals surface area (Å²) >= 11 is 6.23. The number of aliphatic hydroxyl groups is 1. The zero-order valence-electron chi connectivity index (χ0n) is 11.6. The molecule has 0 aliphatic heterocycles. The molecule has 106 valence electrons. The number of benzene rings is 1. The van der Waals surface area contributed by atoms with Crippen LogP contribution in [0.15, 0.2) is 24.3 Å². The first-order valence-electron chi connectivity index (χ1n) is 7.14. The summed E-state index contributed by atoms with van der Waals surface area (Å²) in [6, 6.07) is 8.49.